The molecule has 0 aliphatic carbocycles. The number of hydrogen-bond donors (Lipinski definition) is 1. The maximum absolute atomic E-state index is 10.6. The zero-order valence-electron chi connectivity index (χ0n) is 10.9. The van der Waals surface area contributed by atoms with Crippen LogP contribution >= 0.6 is 0 Å². The molecule has 19 heavy (non-hydrogen) atoms. The van der Waals surface area contributed by atoms with E-state index in [1.165, 1.54) is 11.6 Å². The fraction of sp³-hybridized carbons (Fsp3) is 0.286. The Hall–Kier alpha value is -2.14. The van der Waals surface area contributed by atoms with E-state index in [-0.39, 0.29) is 11.9 Å². The molecule has 0 fully saturated rings. The molecular weight excluding hydrogens is 244 g/mol. The smallest absolute Gasteiger partial charge is 0.404 e. The van der Waals surface area contributed by atoms with Gasteiger partial charge in [-0.05, 0) is 30.7 Å². The first-order chi connectivity index (χ1) is 9.15. The lowest BCUT2D eigenvalue weighted by Gasteiger charge is -2.14. The van der Waals surface area contributed by atoms with Gasteiger partial charge in [0.2, 0.25) is 0 Å². The van der Waals surface area contributed by atoms with Crippen molar-refractivity contribution in [3.63, 3.8) is 0 Å². The zero-order valence-corrected chi connectivity index (χ0v) is 10.9. The molecule has 1 atom stereocenters. The summed E-state index contributed by atoms with van der Waals surface area (Å²) in [5.41, 5.74) is 2.27. The average molecular weight is 260 g/mol. The first kappa shape index (κ1) is 13.3. The maximum Gasteiger partial charge on any atom is 0.433 e. The third-order valence-corrected chi connectivity index (χ3v) is 3.09. The van der Waals surface area contributed by atoms with E-state index < -0.39 is 4.92 Å². The summed E-state index contributed by atoms with van der Waals surface area (Å²) in [7, 11) is 1.80. The van der Waals surface area contributed by atoms with Crippen molar-refractivity contribution in [1.29, 1.82) is 0 Å². The van der Waals surface area contributed by atoms with E-state index in [0.717, 1.165) is 12.0 Å². The summed E-state index contributed by atoms with van der Waals surface area (Å²) >= 11 is 0. The highest BCUT2D eigenvalue weighted by Crippen LogP contribution is 2.26. The van der Waals surface area contributed by atoms with Crippen molar-refractivity contribution in [2.24, 2.45) is 0 Å². The lowest BCUT2D eigenvalue weighted by Crippen LogP contribution is -2.16. The predicted octanol–water partition coefficient (Wildman–Crippen LogP) is 3.06. The summed E-state index contributed by atoms with van der Waals surface area (Å²) in [6, 6.07) is 10.9. The second kappa shape index (κ2) is 5.67. The van der Waals surface area contributed by atoms with E-state index in [1.54, 1.807) is 13.1 Å². The number of furan rings is 1. The van der Waals surface area contributed by atoms with Gasteiger partial charge >= 0.3 is 5.88 Å². The molecule has 1 aromatic carbocycles. The van der Waals surface area contributed by atoms with Gasteiger partial charge in [-0.25, -0.2) is 0 Å². The van der Waals surface area contributed by atoms with Crippen molar-refractivity contribution in [2.75, 3.05) is 7.05 Å². The van der Waals surface area contributed by atoms with Gasteiger partial charge in [-0.3, -0.25) is 10.1 Å². The summed E-state index contributed by atoms with van der Waals surface area (Å²) in [6.07, 6.45) is 0.983. The van der Waals surface area contributed by atoms with E-state index in [2.05, 4.69) is 24.4 Å². The number of aryl methyl sites for hydroxylation is 1. The minimum absolute atomic E-state index is 0.181. The van der Waals surface area contributed by atoms with E-state index in [1.807, 2.05) is 12.1 Å². The highest BCUT2D eigenvalue weighted by molar-refractivity contribution is 5.31. The quantitative estimate of drug-likeness (QED) is 0.662. The standard InChI is InChI=1S/C14H16N2O3/c1-3-10-4-6-11(7-5-10)14(15-2)12-8-9-13(19-12)16(17)18/h4-9,14-15H,3H2,1-2H3. The number of benzene rings is 1. The number of nitrogens with zero attached hydrogens (tertiary/aromatic N) is 1. The van der Waals surface area contributed by atoms with Crippen LogP contribution in [0.3, 0.4) is 0 Å². The summed E-state index contributed by atoms with van der Waals surface area (Å²) in [5, 5.41) is 13.7. The largest absolute Gasteiger partial charge is 0.433 e. The second-order valence-corrected chi connectivity index (χ2v) is 4.25. The van der Waals surface area contributed by atoms with Crippen LogP contribution in [0.5, 0.6) is 0 Å². The van der Waals surface area contributed by atoms with Crippen molar-refractivity contribution in [2.45, 2.75) is 19.4 Å². The molecule has 1 unspecified atom stereocenters. The highest BCUT2D eigenvalue weighted by Gasteiger charge is 2.19. The van der Waals surface area contributed by atoms with Gasteiger partial charge in [0.1, 0.15) is 10.7 Å². The van der Waals surface area contributed by atoms with Crippen molar-refractivity contribution < 1.29 is 9.34 Å². The molecule has 0 bridgehead atoms. The van der Waals surface area contributed by atoms with Gasteiger partial charge in [0, 0.05) is 0 Å². The predicted molar refractivity (Wildman–Crippen MR) is 72.1 cm³/mol. The van der Waals surface area contributed by atoms with Crippen LogP contribution in [0.2, 0.25) is 0 Å². The molecule has 2 aromatic rings. The molecule has 0 saturated carbocycles. The topological polar surface area (TPSA) is 68.3 Å². The fourth-order valence-corrected chi connectivity index (χ4v) is 2.01. The molecule has 0 saturated heterocycles. The Kier molecular flexibility index (Phi) is 3.97. The monoisotopic (exact) mass is 260 g/mol. The Bertz CT molecular complexity index is 560. The molecule has 0 aliphatic heterocycles. The minimum Gasteiger partial charge on any atom is -0.404 e. The third kappa shape index (κ3) is 2.82. The lowest BCUT2D eigenvalue weighted by molar-refractivity contribution is -0.402. The van der Waals surface area contributed by atoms with Crippen LogP contribution in [0.1, 0.15) is 29.9 Å². The minimum atomic E-state index is -0.531. The first-order valence-corrected chi connectivity index (χ1v) is 6.16. The molecule has 5 heteroatoms. The molecule has 0 spiro atoms. The van der Waals surface area contributed by atoms with Crippen LogP contribution in [-0.2, 0) is 6.42 Å². The summed E-state index contributed by atoms with van der Waals surface area (Å²) in [5.74, 6) is 0.305. The van der Waals surface area contributed by atoms with Gasteiger partial charge in [0.25, 0.3) is 0 Å². The fourth-order valence-electron chi connectivity index (χ4n) is 2.01. The number of nitrogens with one attached hydrogen (secondary N) is 1. The Balaban J connectivity index is 2.29. The molecule has 1 aromatic heterocycles. The molecule has 0 radical (unpaired) electrons. The first-order valence-electron chi connectivity index (χ1n) is 6.16. The number of hydrogen-bond acceptors (Lipinski definition) is 4. The van der Waals surface area contributed by atoms with Gasteiger partial charge in [0.05, 0.1) is 12.1 Å². The Morgan fingerprint density at radius 1 is 1.26 bits per heavy atom. The third-order valence-electron chi connectivity index (χ3n) is 3.09. The van der Waals surface area contributed by atoms with Crippen LogP contribution in [-0.4, -0.2) is 12.0 Å². The molecule has 5 nitrogen and oxygen atoms in total. The normalized spacial score (nSPS) is 12.3. The molecular formula is C14H16N2O3. The second-order valence-electron chi connectivity index (χ2n) is 4.25. The molecule has 0 amide bonds. The number of rotatable bonds is 5. The van der Waals surface area contributed by atoms with Gasteiger partial charge in [-0.2, -0.15) is 0 Å². The molecule has 100 valence electrons. The molecule has 1 heterocycles. The van der Waals surface area contributed by atoms with Gasteiger partial charge in [-0.15, -0.1) is 0 Å². The van der Waals surface area contributed by atoms with Crippen LogP contribution in [0.25, 0.3) is 0 Å². The Labute approximate surface area is 111 Å². The van der Waals surface area contributed by atoms with Crippen molar-refractivity contribution >= 4 is 5.88 Å². The maximum atomic E-state index is 10.6. The number of nitro groups is 1. The van der Waals surface area contributed by atoms with Gasteiger partial charge in [-0.1, -0.05) is 31.2 Å². The van der Waals surface area contributed by atoms with Crippen LogP contribution in [0.15, 0.2) is 40.8 Å². The van der Waals surface area contributed by atoms with E-state index in [4.69, 9.17) is 4.42 Å². The van der Waals surface area contributed by atoms with Crippen LogP contribution < -0.4 is 5.32 Å². The highest BCUT2D eigenvalue weighted by atomic mass is 16.6. The van der Waals surface area contributed by atoms with Crippen LogP contribution in [0, 0.1) is 10.1 Å². The Morgan fingerprint density at radius 2 is 1.95 bits per heavy atom. The van der Waals surface area contributed by atoms with E-state index in [9.17, 15) is 10.1 Å². The van der Waals surface area contributed by atoms with Crippen molar-refractivity contribution in [3.05, 3.63) is 63.4 Å². The van der Waals surface area contributed by atoms with Gasteiger partial charge < -0.3 is 9.73 Å². The summed E-state index contributed by atoms with van der Waals surface area (Å²) < 4.78 is 5.25. The van der Waals surface area contributed by atoms with E-state index in [0.29, 0.717) is 5.76 Å². The van der Waals surface area contributed by atoms with E-state index >= 15 is 0 Å². The van der Waals surface area contributed by atoms with Crippen molar-refractivity contribution in [1.82, 2.24) is 5.32 Å². The van der Waals surface area contributed by atoms with Crippen LogP contribution in [0.4, 0.5) is 5.88 Å². The summed E-state index contributed by atoms with van der Waals surface area (Å²) in [6.45, 7) is 2.10. The Morgan fingerprint density at radius 3 is 2.42 bits per heavy atom. The summed E-state index contributed by atoms with van der Waals surface area (Å²) in [4.78, 5) is 10.1. The molecule has 1 N–H and O–H groups in total. The molecule has 0 aliphatic rings. The lowest BCUT2D eigenvalue weighted by atomic mass is 10.0. The molecule has 2 rings (SSSR count). The van der Waals surface area contributed by atoms with Crippen molar-refractivity contribution in [3.8, 4) is 0 Å². The zero-order chi connectivity index (χ0) is 13.8. The average Bonchev–Trinajstić information content (AvgIpc) is 2.90. The van der Waals surface area contributed by atoms with Gasteiger partial charge in [0.15, 0.2) is 0 Å². The SMILES string of the molecule is CCc1ccc(C(NC)c2ccc([N+](=O)[O-])o2)cc1.